The number of rotatable bonds is 9. The van der Waals surface area contributed by atoms with E-state index in [0.717, 1.165) is 28.3 Å². The first-order chi connectivity index (χ1) is 14.5. The van der Waals surface area contributed by atoms with Crippen LogP contribution in [0.1, 0.15) is 24.2 Å². The third-order valence-electron chi connectivity index (χ3n) is 4.41. The van der Waals surface area contributed by atoms with E-state index in [9.17, 15) is 9.90 Å². The summed E-state index contributed by atoms with van der Waals surface area (Å²) in [5.74, 6) is 0.231. The van der Waals surface area contributed by atoms with Gasteiger partial charge in [0, 0.05) is 28.3 Å². The lowest BCUT2D eigenvalue weighted by Crippen LogP contribution is -2.23. The number of halogens is 2. The lowest BCUT2D eigenvalue weighted by atomic mass is 10.1. The highest BCUT2D eigenvalue weighted by Crippen LogP contribution is 2.29. The zero-order valence-corrected chi connectivity index (χ0v) is 19.5. The van der Waals surface area contributed by atoms with Gasteiger partial charge in [0.05, 0.1) is 6.10 Å². The summed E-state index contributed by atoms with van der Waals surface area (Å²) in [4.78, 5) is 13.2. The van der Waals surface area contributed by atoms with Crippen molar-refractivity contribution in [2.24, 2.45) is 0 Å². The van der Waals surface area contributed by atoms with Gasteiger partial charge in [-0.2, -0.15) is 0 Å². The van der Waals surface area contributed by atoms with E-state index in [1.165, 1.54) is 12.5 Å². The summed E-state index contributed by atoms with van der Waals surface area (Å²) in [7, 11) is 0. The number of aliphatic hydroxyl groups is 1. The Hall–Kier alpha value is -2.02. The molecule has 0 aliphatic rings. The normalized spacial score (nSPS) is 11.5. The Kier molecular flexibility index (Phi) is 10.4. The number of nitrogens with one attached hydrogen (secondary N) is 1. The number of aliphatic hydroxyl groups excluding tert-OH is 1. The van der Waals surface area contributed by atoms with Crippen LogP contribution in [0.3, 0.4) is 0 Å². The quantitative estimate of drug-likeness (QED) is 0.235. The fourth-order valence-corrected chi connectivity index (χ4v) is 3.92. The summed E-state index contributed by atoms with van der Waals surface area (Å²) in [5.41, 5.74) is 2.05. The molecule has 0 aromatic heterocycles. The van der Waals surface area contributed by atoms with Gasteiger partial charge in [0.25, 0.3) is 0 Å². The van der Waals surface area contributed by atoms with E-state index in [2.05, 4.69) is 29.6 Å². The molecule has 0 aliphatic heterocycles. The number of hydrogen-bond acceptors (Lipinski definition) is 5. The summed E-state index contributed by atoms with van der Waals surface area (Å²) < 4.78 is 5.05. The van der Waals surface area contributed by atoms with E-state index < -0.39 is 6.10 Å². The number of esters is 1. The fraction of sp³-hybridized carbons (Fsp3) is 0.208. The number of carbonyl (C=O) groups is 1. The van der Waals surface area contributed by atoms with Crippen LogP contribution in [0, 0.1) is 0 Å². The summed E-state index contributed by atoms with van der Waals surface area (Å²) in [6, 6.07) is 23.2. The Morgan fingerprint density at radius 2 is 1.71 bits per heavy atom. The number of hydrogen-bond donors (Lipinski definition) is 2. The highest BCUT2D eigenvalue weighted by Gasteiger charge is 2.07. The van der Waals surface area contributed by atoms with Crippen molar-refractivity contribution in [2.75, 3.05) is 13.1 Å². The van der Waals surface area contributed by atoms with Crippen molar-refractivity contribution in [3.05, 3.63) is 88.9 Å². The minimum absolute atomic E-state index is 0. The Bertz CT molecular complexity index is 965. The van der Waals surface area contributed by atoms with E-state index in [0.29, 0.717) is 17.3 Å². The van der Waals surface area contributed by atoms with Gasteiger partial charge in [0.1, 0.15) is 5.75 Å². The van der Waals surface area contributed by atoms with Crippen molar-refractivity contribution < 1.29 is 14.6 Å². The van der Waals surface area contributed by atoms with Gasteiger partial charge in [-0.25, -0.2) is 0 Å². The predicted octanol–water partition coefficient (Wildman–Crippen LogP) is 5.70. The van der Waals surface area contributed by atoms with Crippen LogP contribution < -0.4 is 10.1 Å². The van der Waals surface area contributed by atoms with E-state index in [1.54, 1.807) is 36.0 Å². The molecule has 3 aromatic carbocycles. The molecule has 0 fully saturated rings. The third-order valence-corrected chi connectivity index (χ3v) is 5.66. The first kappa shape index (κ1) is 25.2. The smallest absolute Gasteiger partial charge is 0.308 e. The average Bonchev–Trinajstić information content (AvgIpc) is 2.73. The van der Waals surface area contributed by atoms with Crippen LogP contribution in [0.25, 0.3) is 0 Å². The molecule has 0 aliphatic carbocycles. The molecule has 0 bridgehead atoms. The van der Waals surface area contributed by atoms with Gasteiger partial charge < -0.3 is 15.2 Å². The minimum Gasteiger partial charge on any atom is -0.427 e. The molecule has 31 heavy (non-hydrogen) atoms. The molecule has 0 heterocycles. The molecule has 4 nitrogen and oxygen atoms in total. The lowest BCUT2D eigenvalue weighted by Gasteiger charge is -2.12. The SMILES string of the molecule is CC(=O)Oc1ccc(Sc2ccc(CCNC[C@@H](O)c3cccc(Cl)c3)cc2)cc1.Cl. The fourth-order valence-electron chi connectivity index (χ4n) is 2.91. The molecule has 164 valence electrons. The van der Waals surface area contributed by atoms with Gasteiger partial charge in [-0.1, -0.05) is 47.6 Å². The molecular weight excluding hydrogens is 453 g/mol. The first-order valence-corrected chi connectivity index (χ1v) is 10.9. The Morgan fingerprint density at radius 1 is 1.06 bits per heavy atom. The lowest BCUT2D eigenvalue weighted by molar-refractivity contribution is -0.131. The molecule has 0 spiro atoms. The summed E-state index contributed by atoms with van der Waals surface area (Å²) in [5, 5.41) is 14.2. The molecule has 2 N–H and O–H groups in total. The number of ether oxygens (including phenoxy) is 1. The Morgan fingerprint density at radius 3 is 2.32 bits per heavy atom. The second-order valence-corrected chi connectivity index (χ2v) is 8.42. The molecule has 0 unspecified atom stereocenters. The topological polar surface area (TPSA) is 58.6 Å². The molecule has 0 amide bonds. The van der Waals surface area contributed by atoms with Crippen molar-refractivity contribution in [1.82, 2.24) is 5.32 Å². The van der Waals surface area contributed by atoms with Gasteiger partial charge in [0.15, 0.2) is 0 Å². The third kappa shape index (κ3) is 8.56. The summed E-state index contributed by atoms with van der Waals surface area (Å²) in [6.45, 7) is 2.65. The Balaban J connectivity index is 0.00000341. The van der Waals surface area contributed by atoms with E-state index in [-0.39, 0.29) is 18.4 Å². The molecule has 0 saturated carbocycles. The Labute approximate surface area is 198 Å². The maximum Gasteiger partial charge on any atom is 0.308 e. The maximum absolute atomic E-state index is 11.0. The van der Waals surface area contributed by atoms with Crippen molar-refractivity contribution in [3.63, 3.8) is 0 Å². The van der Waals surface area contributed by atoms with Gasteiger partial charge >= 0.3 is 5.97 Å². The van der Waals surface area contributed by atoms with Crippen molar-refractivity contribution in [1.29, 1.82) is 0 Å². The standard InChI is InChI=1S/C24H24ClNO3S.ClH/c1-17(27)29-21-7-11-23(12-8-21)30-22-9-5-18(6-10-22)13-14-26-16-24(28)19-3-2-4-20(25)15-19;/h2-12,15,24,26,28H,13-14,16H2,1H3;1H/t24-;/m1./s1. The highest BCUT2D eigenvalue weighted by atomic mass is 35.5. The average molecular weight is 478 g/mol. The summed E-state index contributed by atoms with van der Waals surface area (Å²) >= 11 is 7.62. The van der Waals surface area contributed by atoms with Crippen LogP contribution >= 0.6 is 35.8 Å². The van der Waals surface area contributed by atoms with Crippen LogP contribution in [-0.2, 0) is 11.2 Å². The number of carbonyl (C=O) groups excluding carboxylic acids is 1. The van der Waals surface area contributed by atoms with Crippen molar-refractivity contribution in [3.8, 4) is 5.75 Å². The molecule has 7 heteroatoms. The van der Waals surface area contributed by atoms with Crippen LogP contribution in [0.4, 0.5) is 0 Å². The van der Waals surface area contributed by atoms with E-state index >= 15 is 0 Å². The van der Waals surface area contributed by atoms with Gasteiger partial charge in [0.2, 0.25) is 0 Å². The van der Waals surface area contributed by atoms with E-state index in [4.69, 9.17) is 16.3 Å². The zero-order chi connectivity index (χ0) is 21.3. The van der Waals surface area contributed by atoms with Crippen molar-refractivity contribution >= 4 is 41.7 Å². The predicted molar refractivity (Wildman–Crippen MR) is 129 cm³/mol. The van der Waals surface area contributed by atoms with E-state index in [1.807, 2.05) is 24.3 Å². The van der Waals surface area contributed by atoms with Crippen LogP contribution in [0.15, 0.2) is 82.6 Å². The molecule has 0 saturated heterocycles. The maximum atomic E-state index is 11.0. The second kappa shape index (κ2) is 12.7. The molecular formula is C24H25Cl2NO3S. The van der Waals surface area contributed by atoms with Gasteiger partial charge in [-0.05, 0) is 72.6 Å². The molecule has 0 radical (unpaired) electrons. The molecule has 3 rings (SSSR count). The van der Waals surface area contributed by atoms with Gasteiger partial charge in [-0.3, -0.25) is 4.79 Å². The molecule has 3 aromatic rings. The van der Waals surface area contributed by atoms with Crippen LogP contribution in [0.2, 0.25) is 5.02 Å². The zero-order valence-electron chi connectivity index (χ0n) is 17.1. The van der Waals surface area contributed by atoms with Crippen LogP contribution in [-0.4, -0.2) is 24.2 Å². The largest absolute Gasteiger partial charge is 0.427 e. The minimum atomic E-state index is -0.574. The second-order valence-electron chi connectivity index (χ2n) is 6.84. The monoisotopic (exact) mass is 477 g/mol. The molecule has 1 atom stereocenters. The van der Waals surface area contributed by atoms with Gasteiger partial charge in [-0.15, -0.1) is 12.4 Å². The first-order valence-electron chi connectivity index (χ1n) is 9.69. The highest BCUT2D eigenvalue weighted by molar-refractivity contribution is 7.99. The van der Waals surface area contributed by atoms with Crippen LogP contribution in [0.5, 0.6) is 5.75 Å². The number of benzene rings is 3. The van der Waals surface area contributed by atoms with Crippen molar-refractivity contribution in [2.45, 2.75) is 29.2 Å². The summed E-state index contributed by atoms with van der Waals surface area (Å²) in [6.07, 6.45) is 0.305.